The molecule has 26 heavy (non-hydrogen) atoms. The molecule has 5 nitrogen and oxygen atoms in total. The fraction of sp³-hybridized carbons (Fsp3) is 0.222. The number of nitrogens with one attached hydrogen (secondary N) is 1. The Hall–Kier alpha value is -1.89. The quantitative estimate of drug-likeness (QED) is 0.687. The van der Waals surface area contributed by atoms with Gasteiger partial charge in [0.2, 0.25) is 0 Å². The molecule has 8 heteroatoms. The van der Waals surface area contributed by atoms with Crippen molar-refractivity contribution < 1.29 is 14.3 Å². The molecule has 0 spiro atoms. The van der Waals surface area contributed by atoms with Crippen molar-refractivity contribution in [2.75, 3.05) is 19.4 Å². The summed E-state index contributed by atoms with van der Waals surface area (Å²) in [6.07, 6.45) is -0.752. The van der Waals surface area contributed by atoms with Crippen molar-refractivity contribution in [1.29, 1.82) is 0 Å². The van der Waals surface area contributed by atoms with E-state index >= 15 is 0 Å². The van der Waals surface area contributed by atoms with Crippen molar-refractivity contribution >= 4 is 51.8 Å². The van der Waals surface area contributed by atoms with E-state index in [1.165, 1.54) is 4.90 Å². The minimum absolute atomic E-state index is 0.0661. The number of carbonyl (C=O) groups is 2. The standard InChI is InChI=1S/C18H18Cl2N2O3S/c1-11(25-16-9-4-12(19)10-15(16)20)17(23)21-13-5-7-14(8-6-13)26-18(24)22(2)3/h4-11H,1-3H3,(H,21,23). The molecule has 0 saturated carbocycles. The number of hydrogen-bond acceptors (Lipinski definition) is 4. The van der Waals surface area contributed by atoms with Gasteiger partial charge in [0.15, 0.2) is 6.10 Å². The van der Waals surface area contributed by atoms with E-state index in [9.17, 15) is 9.59 Å². The summed E-state index contributed by atoms with van der Waals surface area (Å²) >= 11 is 13.0. The molecule has 0 aliphatic heterocycles. The Morgan fingerprint density at radius 3 is 2.35 bits per heavy atom. The van der Waals surface area contributed by atoms with E-state index in [0.717, 1.165) is 16.7 Å². The number of nitrogens with zero attached hydrogens (tertiary/aromatic N) is 1. The van der Waals surface area contributed by atoms with E-state index in [0.29, 0.717) is 21.5 Å². The summed E-state index contributed by atoms with van der Waals surface area (Å²) in [7, 11) is 3.39. The molecule has 0 radical (unpaired) electrons. The van der Waals surface area contributed by atoms with Gasteiger partial charge in [-0.3, -0.25) is 9.59 Å². The lowest BCUT2D eigenvalue weighted by atomic mass is 10.3. The van der Waals surface area contributed by atoms with Gasteiger partial charge >= 0.3 is 0 Å². The first kappa shape index (κ1) is 20.4. The highest BCUT2D eigenvalue weighted by Gasteiger charge is 2.16. The van der Waals surface area contributed by atoms with Gasteiger partial charge < -0.3 is 15.0 Å². The molecule has 2 aromatic rings. The first-order valence-electron chi connectivity index (χ1n) is 7.68. The number of rotatable bonds is 5. The first-order valence-corrected chi connectivity index (χ1v) is 9.25. The molecule has 2 aromatic carbocycles. The van der Waals surface area contributed by atoms with Crippen LogP contribution < -0.4 is 10.1 Å². The zero-order valence-electron chi connectivity index (χ0n) is 14.5. The molecule has 0 heterocycles. The molecule has 0 saturated heterocycles. The van der Waals surface area contributed by atoms with Crippen molar-refractivity contribution in [3.63, 3.8) is 0 Å². The molecule has 0 aromatic heterocycles. The largest absolute Gasteiger partial charge is 0.479 e. The predicted molar refractivity (Wildman–Crippen MR) is 107 cm³/mol. The van der Waals surface area contributed by atoms with Gasteiger partial charge in [-0.15, -0.1) is 0 Å². The van der Waals surface area contributed by atoms with E-state index in [1.54, 1.807) is 63.5 Å². The third kappa shape index (κ3) is 5.83. The van der Waals surface area contributed by atoms with Crippen LogP contribution in [0.5, 0.6) is 5.75 Å². The summed E-state index contributed by atoms with van der Waals surface area (Å²) in [4.78, 5) is 26.2. The molecule has 2 rings (SSSR count). The lowest BCUT2D eigenvalue weighted by Crippen LogP contribution is -2.30. The average Bonchev–Trinajstić information content (AvgIpc) is 2.58. The highest BCUT2D eigenvalue weighted by Crippen LogP contribution is 2.28. The van der Waals surface area contributed by atoms with Crippen molar-refractivity contribution in [3.8, 4) is 5.75 Å². The van der Waals surface area contributed by atoms with Gasteiger partial charge in [0.25, 0.3) is 11.1 Å². The summed E-state index contributed by atoms with van der Waals surface area (Å²) in [5.74, 6) is 0.0634. The number of ether oxygens (including phenoxy) is 1. The number of benzene rings is 2. The number of thioether (sulfide) groups is 1. The van der Waals surface area contributed by atoms with Crippen molar-refractivity contribution in [2.45, 2.75) is 17.9 Å². The smallest absolute Gasteiger partial charge is 0.285 e. The van der Waals surface area contributed by atoms with Crippen molar-refractivity contribution in [3.05, 3.63) is 52.5 Å². The second kappa shape index (κ2) is 9.16. The van der Waals surface area contributed by atoms with Gasteiger partial charge in [-0.2, -0.15) is 0 Å². The first-order chi connectivity index (χ1) is 12.3. The van der Waals surface area contributed by atoms with Crippen LogP contribution >= 0.6 is 35.0 Å². The highest BCUT2D eigenvalue weighted by atomic mass is 35.5. The minimum Gasteiger partial charge on any atom is -0.479 e. The van der Waals surface area contributed by atoms with Crippen LogP contribution in [0.4, 0.5) is 10.5 Å². The van der Waals surface area contributed by atoms with Gasteiger partial charge in [0.05, 0.1) is 5.02 Å². The van der Waals surface area contributed by atoms with Crippen LogP contribution in [0.3, 0.4) is 0 Å². The molecule has 2 amide bonds. The van der Waals surface area contributed by atoms with Crippen LogP contribution in [-0.2, 0) is 4.79 Å². The molecule has 1 N–H and O–H groups in total. The Kier molecular flexibility index (Phi) is 7.20. The fourth-order valence-corrected chi connectivity index (χ4v) is 2.97. The topological polar surface area (TPSA) is 58.6 Å². The Morgan fingerprint density at radius 2 is 1.77 bits per heavy atom. The van der Waals surface area contributed by atoms with Crippen LogP contribution in [0.1, 0.15) is 6.92 Å². The number of amides is 2. The third-order valence-electron chi connectivity index (χ3n) is 3.26. The Bertz CT molecular complexity index is 798. The number of halogens is 2. The van der Waals surface area contributed by atoms with E-state index in [4.69, 9.17) is 27.9 Å². The summed E-state index contributed by atoms with van der Waals surface area (Å²) in [6, 6.07) is 11.8. The van der Waals surface area contributed by atoms with Crippen molar-refractivity contribution in [2.24, 2.45) is 0 Å². The SMILES string of the molecule is CC(Oc1ccc(Cl)cc1Cl)C(=O)Nc1ccc(SC(=O)N(C)C)cc1. The second-order valence-electron chi connectivity index (χ2n) is 5.61. The average molecular weight is 413 g/mol. The number of hydrogen-bond donors (Lipinski definition) is 1. The summed E-state index contributed by atoms with van der Waals surface area (Å²) in [5, 5.41) is 3.52. The summed E-state index contributed by atoms with van der Waals surface area (Å²) in [5.41, 5.74) is 0.606. The molecule has 0 aliphatic rings. The Labute approximate surface area is 166 Å². The van der Waals surface area contributed by atoms with Crippen molar-refractivity contribution in [1.82, 2.24) is 4.90 Å². The lowest BCUT2D eigenvalue weighted by Gasteiger charge is -2.16. The molecule has 0 fully saturated rings. The van der Waals surface area contributed by atoms with Gasteiger partial charge in [0.1, 0.15) is 5.75 Å². The maximum absolute atomic E-state index is 12.3. The Morgan fingerprint density at radius 1 is 1.12 bits per heavy atom. The molecule has 0 aliphatic carbocycles. The molecular weight excluding hydrogens is 395 g/mol. The number of carbonyl (C=O) groups excluding carboxylic acids is 2. The van der Waals surface area contributed by atoms with Gasteiger partial charge in [-0.25, -0.2) is 0 Å². The molecule has 1 atom stereocenters. The molecule has 138 valence electrons. The van der Waals surface area contributed by atoms with Gasteiger partial charge in [0, 0.05) is 29.7 Å². The van der Waals surface area contributed by atoms with Crippen LogP contribution in [0.15, 0.2) is 47.4 Å². The van der Waals surface area contributed by atoms with E-state index in [-0.39, 0.29) is 11.1 Å². The zero-order chi connectivity index (χ0) is 19.3. The molecular formula is C18H18Cl2N2O3S. The normalized spacial score (nSPS) is 11.6. The van der Waals surface area contributed by atoms with E-state index < -0.39 is 6.10 Å². The summed E-state index contributed by atoms with van der Waals surface area (Å²) < 4.78 is 5.58. The maximum Gasteiger partial charge on any atom is 0.285 e. The maximum atomic E-state index is 12.3. The third-order valence-corrected chi connectivity index (χ3v) is 4.84. The van der Waals surface area contributed by atoms with Crippen LogP contribution in [0.2, 0.25) is 10.0 Å². The summed E-state index contributed by atoms with van der Waals surface area (Å²) in [6.45, 7) is 1.63. The molecule has 1 unspecified atom stereocenters. The predicted octanol–water partition coefficient (Wildman–Crippen LogP) is 5.17. The monoisotopic (exact) mass is 412 g/mol. The van der Waals surface area contributed by atoms with Gasteiger partial charge in [-0.05, 0) is 61.2 Å². The van der Waals surface area contributed by atoms with Crippen LogP contribution in [0, 0.1) is 0 Å². The minimum atomic E-state index is -0.752. The fourth-order valence-electron chi connectivity index (χ4n) is 1.86. The van der Waals surface area contributed by atoms with Gasteiger partial charge in [-0.1, -0.05) is 23.2 Å². The number of anilines is 1. The van der Waals surface area contributed by atoms with Crippen LogP contribution in [0.25, 0.3) is 0 Å². The van der Waals surface area contributed by atoms with Crippen LogP contribution in [-0.4, -0.2) is 36.2 Å². The zero-order valence-corrected chi connectivity index (χ0v) is 16.8. The molecule has 0 bridgehead atoms. The van der Waals surface area contributed by atoms with E-state index in [2.05, 4.69) is 5.32 Å². The second-order valence-corrected chi connectivity index (χ2v) is 7.48. The Balaban J connectivity index is 1.95. The highest BCUT2D eigenvalue weighted by molar-refractivity contribution is 8.13. The lowest BCUT2D eigenvalue weighted by molar-refractivity contribution is -0.122. The van der Waals surface area contributed by atoms with E-state index in [1.807, 2.05) is 0 Å².